The van der Waals surface area contributed by atoms with E-state index in [1.165, 1.54) is 19.3 Å². The Hall–Kier alpha value is -2.14. The van der Waals surface area contributed by atoms with Crippen molar-refractivity contribution in [1.29, 1.82) is 0 Å². The molecule has 0 aromatic heterocycles. The Morgan fingerprint density at radius 2 is 1.60 bits per heavy atom. The zero-order valence-electron chi connectivity index (χ0n) is 13.7. The van der Waals surface area contributed by atoms with Crippen molar-refractivity contribution in [2.45, 2.75) is 30.7 Å². The van der Waals surface area contributed by atoms with Crippen molar-refractivity contribution in [3.05, 3.63) is 25.3 Å². The van der Waals surface area contributed by atoms with Gasteiger partial charge in [-0.25, -0.2) is 9.59 Å². The van der Waals surface area contributed by atoms with Gasteiger partial charge in [-0.2, -0.15) is 0 Å². The van der Waals surface area contributed by atoms with Crippen molar-refractivity contribution < 1.29 is 48.2 Å². The summed E-state index contributed by atoms with van der Waals surface area (Å²) in [5.41, 5.74) is 0. The SMILES string of the molecule is C=CCOC(=O)O[C@@H]1[C@@H](O)[C@@H](OC)O[C@H](CO)[C@@H]1OC(=O)OCC=C. The smallest absolute Gasteiger partial charge is 0.430 e. The molecule has 0 amide bonds. The van der Waals surface area contributed by atoms with Crippen molar-refractivity contribution in [1.82, 2.24) is 0 Å². The van der Waals surface area contributed by atoms with Gasteiger partial charge in [0.25, 0.3) is 0 Å². The van der Waals surface area contributed by atoms with E-state index in [2.05, 4.69) is 22.6 Å². The van der Waals surface area contributed by atoms with Gasteiger partial charge in [0.15, 0.2) is 18.5 Å². The minimum absolute atomic E-state index is 0.119. The van der Waals surface area contributed by atoms with Crippen LogP contribution in [0.15, 0.2) is 25.3 Å². The Balaban J connectivity index is 2.92. The molecule has 0 spiro atoms. The minimum Gasteiger partial charge on any atom is -0.430 e. The van der Waals surface area contributed by atoms with E-state index in [1.807, 2.05) is 0 Å². The lowest BCUT2D eigenvalue weighted by Crippen LogP contribution is -2.61. The van der Waals surface area contributed by atoms with Crippen LogP contribution in [-0.4, -0.2) is 80.2 Å². The summed E-state index contributed by atoms with van der Waals surface area (Å²) in [6.07, 6.45) is -6.28. The molecule has 142 valence electrons. The second-order valence-electron chi connectivity index (χ2n) is 4.82. The zero-order valence-corrected chi connectivity index (χ0v) is 13.7. The number of methoxy groups -OCH3 is 1. The van der Waals surface area contributed by atoms with E-state index < -0.39 is 49.6 Å². The summed E-state index contributed by atoms with van der Waals surface area (Å²) in [4.78, 5) is 23.3. The molecule has 0 aliphatic carbocycles. The van der Waals surface area contributed by atoms with Crippen LogP contribution in [0.4, 0.5) is 9.59 Å². The molecule has 1 fully saturated rings. The van der Waals surface area contributed by atoms with Gasteiger partial charge in [0.1, 0.15) is 25.4 Å². The van der Waals surface area contributed by atoms with Crippen LogP contribution in [0, 0.1) is 0 Å². The van der Waals surface area contributed by atoms with Gasteiger partial charge in [0.2, 0.25) is 0 Å². The predicted molar refractivity (Wildman–Crippen MR) is 81.6 cm³/mol. The van der Waals surface area contributed by atoms with E-state index in [4.69, 9.17) is 18.9 Å². The highest BCUT2D eigenvalue weighted by Gasteiger charge is 2.50. The maximum absolute atomic E-state index is 11.7. The number of rotatable bonds is 8. The second-order valence-corrected chi connectivity index (χ2v) is 4.82. The van der Waals surface area contributed by atoms with E-state index >= 15 is 0 Å². The maximum Gasteiger partial charge on any atom is 0.509 e. The van der Waals surface area contributed by atoms with Crippen LogP contribution in [-0.2, 0) is 28.4 Å². The Morgan fingerprint density at radius 1 is 1.08 bits per heavy atom. The molecule has 5 atom stereocenters. The van der Waals surface area contributed by atoms with E-state index in [0.29, 0.717) is 0 Å². The Kier molecular flexibility index (Phi) is 8.92. The molecule has 10 heteroatoms. The van der Waals surface area contributed by atoms with Gasteiger partial charge < -0.3 is 38.6 Å². The molecule has 0 aromatic carbocycles. The molecule has 0 saturated carbocycles. The van der Waals surface area contributed by atoms with Gasteiger partial charge in [-0.05, 0) is 0 Å². The highest BCUT2D eigenvalue weighted by molar-refractivity contribution is 5.61. The summed E-state index contributed by atoms with van der Waals surface area (Å²) in [6, 6.07) is 0. The summed E-state index contributed by atoms with van der Waals surface area (Å²) >= 11 is 0. The zero-order chi connectivity index (χ0) is 18.8. The van der Waals surface area contributed by atoms with Crippen LogP contribution in [0.25, 0.3) is 0 Å². The van der Waals surface area contributed by atoms with Gasteiger partial charge in [-0.15, -0.1) is 0 Å². The predicted octanol–water partition coefficient (Wildman–Crippen LogP) is 0.127. The van der Waals surface area contributed by atoms with Crippen LogP contribution in [0.2, 0.25) is 0 Å². The van der Waals surface area contributed by atoms with Gasteiger partial charge in [-0.3, -0.25) is 0 Å². The first kappa shape index (κ1) is 20.9. The first-order valence-corrected chi connectivity index (χ1v) is 7.34. The fourth-order valence-corrected chi connectivity index (χ4v) is 2.06. The van der Waals surface area contributed by atoms with Gasteiger partial charge in [0.05, 0.1) is 6.61 Å². The van der Waals surface area contributed by atoms with Crippen LogP contribution in [0.3, 0.4) is 0 Å². The summed E-state index contributed by atoms with van der Waals surface area (Å²) in [5, 5.41) is 19.7. The lowest BCUT2D eigenvalue weighted by molar-refractivity contribution is -0.296. The molecule has 1 rings (SSSR count). The van der Waals surface area contributed by atoms with Gasteiger partial charge in [0, 0.05) is 7.11 Å². The number of carbonyl (C=O) groups excluding carboxylic acids is 2. The molecule has 25 heavy (non-hydrogen) atoms. The van der Waals surface area contributed by atoms with Crippen LogP contribution < -0.4 is 0 Å². The monoisotopic (exact) mass is 362 g/mol. The Labute approximate surface area is 144 Å². The molecule has 0 aromatic rings. The fourth-order valence-electron chi connectivity index (χ4n) is 2.06. The quantitative estimate of drug-likeness (QED) is 0.454. The van der Waals surface area contributed by atoms with E-state index in [0.717, 1.165) is 0 Å². The summed E-state index contributed by atoms with van der Waals surface area (Å²) in [7, 11) is 1.24. The van der Waals surface area contributed by atoms with Crippen molar-refractivity contribution in [2.24, 2.45) is 0 Å². The maximum atomic E-state index is 11.7. The molecule has 1 aliphatic heterocycles. The molecule has 0 unspecified atom stereocenters. The molecular formula is C15H22O10. The van der Waals surface area contributed by atoms with Crippen molar-refractivity contribution in [3.8, 4) is 0 Å². The highest BCUT2D eigenvalue weighted by atomic mass is 16.8. The number of hydrogen-bond donors (Lipinski definition) is 2. The molecule has 0 radical (unpaired) electrons. The average molecular weight is 362 g/mol. The Morgan fingerprint density at radius 3 is 2.04 bits per heavy atom. The van der Waals surface area contributed by atoms with Crippen molar-refractivity contribution in [3.63, 3.8) is 0 Å². The number of aliphatic hydroxyl groups excluding tert-OH is 2. The van der Waals surface area contributed by atoms with Gasteiger partial charge >= 0.3 is 12.3 Å². The van der Waals surface area contributed by atoms with Crippen molar-refractivity contribution >= 4 is 12.3 Å². The second kappa shape index (κ2) is 10.7. The average Bonchev–Trinajstić information content (AvgIpc) is 2.61. The van der Waals surface area contributed by atoms with Crippen LogP contribution in [0.1, 0.15) is 0 Å². The highest BCUT2D eigenvalue weighted by Crippen LogP contribution is 2.27. The summed E-state index contributed by atoms with van der Waals surface area (Å²) in [6.45, 7) is 5.91. The Bertz CT molecular complexity index is 465. The normalized spacial score (nSPS) is 28.5. The van der Waals surface area contributed by atoms with Crippen LogP contribution >= 0.6 is 0 Å². The molecule has 1 heterocycles. The summed E-state index contributed by atoms with van der Waals surface area (Å²) < 4.78 is 29.6. The standard InChI is InChI=1S/C15H22O10/c1-4-6-21-14(18)24-11-9(8-16)23-13(20-3)10(17)12(11)25-15(19)22-7-5-2/h4-5,9-13,16-17H,1-2,6-8H2,3H3/t9-,10-,11+,12-,13+/m1/s1. The number of hydrogen-bond acceptors (Lipinski definition) is 10. The number of ether oxygens (including phenoxy) is 6. The molecule has 1 aliphatic rings. The van der Waals surface area contributed by atoms with E-state index in [9.17, 15) is 19.8 Å². The number of carbonyl (C=O) groups is 2. The molecule has 1 saturated heterocycles. The van der Waals surface area contributed by atoms with Gasteiger partial charge in [-0.1, -0.05) is 25.3 Å². The topological polar surface area (TPSA) is 130 Å². The van der Waals surface area contributed by atoms with E-state index in [1.54, 1.807) is 0 Å². The van der Waals surface area contributed by atoms with Crippen LogP contribution in [0.5, 0.6) is 0 Å². The fraction of sp³-hybridized carbons (Fsp3) is 0.600. The third kappa shape index (κ3) is 6.02. The first-order chi connectivity index (χ1) is 12.0. The number of aliphatic hydroxyl groups is 2. The molecule has 2 N–H and O–H groups in total. The lowest BCUT2D eigenvalue weighted by atomic mass is 9.99. The van der Waals surface area contributed by atoms with E-state index in [-0.39, 0.29) is 13.2 Å². The summed E-state index contributed by atoms with van der Waals surface area (Å²) in [5.74, 6) is 0. The van der Waals surface area contributed by atoms with Crippen molar-refractivity contribution in [2.75, 3.05) is 26.9 Å². The molecule has 0 bridgehead atoms. The third-order valence-corrected chi connectivity index (χ3v) is 3.13. The molecule has 10 nitrogen and oxygen atoms in total. The third-order valence-electron chi connectivity index (χ3n) is 3.13. The lowest BCUT2D eigenvalue weighted by Gasteiger charge is -2.41. The molecular weight excluding hydrogens is 340 g/mol. The largest absolute Gasteiger partial charge is 0.509 e. The minimum atomic E-state index is -1.51. The first-order valence-electron chi connectivity index (χ1n) is 7.34.